The van der Waals surface area contributed by atoms with Gasteiger partial charge in [-0.3, -0.25) is 4.79 Å². The largest absolute Gasteiger partial charge is 0.374 e. The van der Waals surface area contributed by atoms with Crippen LogP contribution in [0.25, 0.3) is 0 Å². The molecule has 0 aromatic heterocycles. The van der Waals surface area contributed by atoms with Crippen LogP contribution in [0.2, 0.25) is 0 Å². The zero-order valence-corrected chi connectivity index (χ0v) is 12.2. The Bertz CT molecular complexity index is 261. The Morgan fingerprint density at radius 3 is 2.67 bits per heavy atom. The van der Waals surface area contributed by atoms with Gasteiger partial charge in [-0.2, -0.15) is 0 Å². The van der Waals surface area contributed by atoms with Gasteiger partial charge in [0, 0.05) is 19.7 Å². The van der Waals surface area contributed by atoms with E-state index in [1.165, 1.54) is 0 Å². The molecular formula is C14H28N2O2. The summed E-state index contributed by atoms with van der Waals surface area (Å²) >= 11 is 0. The Labute approximate surface area is 111 Å². The normalized spacial score (nSPS) is 25.4. The highest BCUT2D eigenvalue weighted by atomic mass is 16.5. The van der Waals surface area contributed by atoms with Crippen molar-refractivity contribution in [1.29, 1.82) is 0 Å². The molecule has 2 unspecified atom stereocenters. The molecule has 1 aliphatic heterocycles. The number of carbonyl (C=O) groups excluding carboxylic acids is 1. The fraction of sp³-hybridized carbons (Fsp3) is 0.929. The molecule has 4 nitrogen and oxygen atoms in total. The zero-order valence-electron chi connectivity index (χ0n) is 12.2. The van der Waals surface area contributed by atoms with Crippen molar-refractivity contribution in [3.63, 3.8) is 0 Å². The lowest BCUT2D eigenvalue weighted by Gasteiger charge is -2.25. The molecule has 1 fully saturated rings. The summed E-state index contributed by atoms with van der Waals surface area (Å²) in [6.45, 7) is 10.7. The van der Waals surface area contributed by atoms with E-state index in [1.807, 2.05) is 6.92 Å². The zero-order chi connectivity index (χ0) is 13.6. The monoisotopic (exact) mass is 256 g/mol. The number of hydrogen-bond acceptors (Lipinski definition) is 3. The summed E-state index contributed by atoms with van der Waals surface area (Å²) in [4.78, 5) is 11.8. The number of amides is 1. The average Bonchev–Trinajstić information content (AvgIpc) is 2.73. The minimum atomic E-state index is -0.154. The standard InChI is InChI=1S/C14H28N2O2/c1-11(2)6-8-15-13(17)12(3)16-10-14(4)7-5-9-18-14/h11-12,16H,5-10H2,1-4H3,(H,15,17). The molecular weight excluding hydrogens is 228 g/mol. The maximum Gasteiger partial charge on any atom is 0.236 e. The highest BCUT2D eigenvalue weighted by molar-refractivity contribution is 5.81. The van der Waals surface area contributed by atoms with Crippen LogP contribution in [0.5, 0.6) is 0 Å². The molecule has 1 saturated heterocycles. The van der Waals surface area contributed by atoms with E-state index < -0.39 is 0 Å². The molecule has 0 bridgehead atoms. The molecule has 1 heterocycles. The highest BCUT2D eigenvalue weighted by Gasteiger charge is 2.30. The minimum Gasteiger partial charge on any atom is -0.374 e. The molecule has 1 aliphatic rings. The lowest BCUT2D eigenvalue weighted by Crippen LogP contribution is -2.48. The van der Waals surface area contributed by atoms with Gasteiger partial charge in [-0.25, -0.2) is 0 Å². The van der Waals surface area contributed by atoms with E-state index in [1.54, 1.807) is 0 Å². The van der Waals surface area contributed by atoms with Gasteiger partial charge in [0.15, 0.2) is 0 Å². The number of ether oxygens (including phenoxy) is 1. The Balaban J connectivity index is 2.19. The van der Waals surface area contributed by atoms with Crippen LogP contribution in [0.3, 0.4) is 0 Å². The first-order valence-corrected chi connectivity index (χ1v) is 7.08. The van der Waals surface area contributed by atoms with E-state index >= 15 is 0 Å². The fourth-order valence-corrected chi connectivity index (χ4v) is 2.08. The lowest BCUT2D eigenvalue weighted by molar-refractivity contribution is -0.123. The van der Waals surface area contributed by atoms with Crippen molar-refractivity contribution in [3.05, 3.63) is 0 Å². The van der Waals surface area contributed by atoms with Gasteiger partial charge in [-0.05, 0) is 39.0 Å². The maximum atomic E-state index is 11.8. The summed E-state index contributed by atoms with van der Waals surface area (Å²) in [5.74, 6) is 0.705. The first-order valence-electron chi connectivity index (χ1n) is 7.08. The smallest absolute Gasteiger partial charge is 0.236 e. The van der Waals surface area contributed by atoms with E-state index in [2.05, 4.69) is 31.4 Å². The fourth-order valence-electron chi connectivity index (χ4n) is 2.08. The molecule has 2 N–H and O–H groups in total. The molecule has 4 heteroatoms. The molecule has 106 valence electrons. The Morgan fingerprint density at radius 1 is 1.39 bits per heavy atom. The van der Waals surface area contributed by atoms with Crippen LogP contribution >= 0.6 is 0 Å². The molecule has 0 spiro atoms. The van der Waals surface area contributed by atoms with E-state index in [0.717, 1.165) is 39.0 Å². The minimum absolute atomic E-state index is 0.0808. The number of nitrogens with one attached hydrogen (secondary N) is 2. The molecule has 18 heavy (non-hydrogen) atoms. The van der Waals surface area contributed by atoms with Crippen LogP contribution in [-0.2, 0) is 9.53 Å². The van der Waals surface area contributed by atoms with Crippen molar-refractivity contribution in [2.75, 3.05) is 19.7 Å². The molecule has 0 saturated carbocycles. The summed E-state index contributed by atoms with van der Waals surface area (Å²) in [5, 5.41) is 6.23. The van der Waals surface area contributed by atoms with Crippen LogP contribution < -0.4 is 10.6 Å². The van der Waals surface area contributed by atoms with Crippen molar-refractivity contribution in [2.24, 2.45) is 5.92 Å². The second-order valence-electron chi connectivity index (χ2n) is 5.98. The highest BCUT2D eigenvalue weighted by Crippen LogP contribution is 2.23. The molecule has 0 aromatic carbocycles. The maximum absolute atomic E-state index is 11.8. The van der Waals surface area contributed by atoms with Crippen LogP contribution in [0.1, 0.15) is 47.0 Å². The van der Waals surface area contributed by atoms with Crippen LogP contribution in [0, 0.1) is 5.92 Å². The van der Waals surface area contributed by atoms with E-state index in [-0.39, 0.29) is 17.6 Å². The summed E-state index contributed by atoms with van der Waals surface area (Å²) in [6, 6.07) is -0.154. The summed E-state index contributed by atoms with van der Waals surface area (Å²) in [7, 11) is 0. The molecule has 0 aliphatic carbocycles. The van der Waals surface area contributed by atoms with Gasteiger partial charge in [0.05, 0.1) is 11.6 Å². The second kappa shape index (κ2) is 7.10. The predicted molar refractivity (Wildman–Crippen MR) is 73.5 cm³/mol. The van der Waals surface area contributed by atoms with Crippen LogP contribution in [0.4, 0.5) is 0 Å². The van der Waals surface area contributed by atoms with Crippen molar-refractivity contribution in [3.8, 4) is 0 Å². The van der Waals surface area contributed by atoms with Gasteiger partial charge in [-0.1, -0.05) is 13.8 Å². The quantitative estimate of drug-likeness (QED) is 0.729. The van der Waals surface area contributed by atoms with E-state index in [4.69, 9.17) is 4.74 Å². The lowest BCUT2D eigenvalue weighted by atomic mass is 10.0. The van der Waals surface area contributed by atoms with Gasteiger partial charge < -0.3 is 15.4 Å². The van der Waals surface area contributed by atoms with Gasteiger partial charge >= 0.3 is 0 Å². The van der Waals surface area contributed by atoms with E-state index in [9.17, 15) is 4.79 Å². The van der Waals surface area contributed by atoms with E-state index in [0.29, 0.717) is 5.92 Å². The molecule has 2 atom stereocenters. The summed E-state index contributed by atoms with van der Waals surface area (Å²) in [6.07, 6.45) is 3.22. The molecule has 1 rings (SSSR count). The Hall–Kier alpha value is -0.610. The van der Waals surface area contributed by atoms with Crippen molar-refractivity contribution >= 4 is 5.91 Å². The predicted octanol–water partition coefficient (Wildman–Crippen LogP) is 1.70. The van der Waals surface area contributed by atoms with Gasteiger partial charge in [-0.15, -0.1) is 0 Å². The third-order valence-electron chi connectivity index (χ3n) is 3.50. The number of hydrogen-bond donors (Lipinski definition) is 2. The van der Waals surface area contributed by atoms with Gasteiger partial charge in [0.2, 0.25) is 5.91 Å². The third-order valence-corrected chi connectivity index (χ3v) is 3.50. The Morgan fingerprint density at radius 2 is 2.11 bits per heavy atom. The summed E-state index contributed by atoms with van der Waals surface area (Å²) in [5.41, 5.74) is -0.0908. The first kappa shape index (κ1) is 15.4. The second-order valence-corrected chi connectivity index (χ2v) is 5.98. The Kier molecular flexibility index (Phi) is 6.09. The van der Waals surface area contributed by atoms with Crippen molar-refractivity contribution < 1.29 is 9.53 Å². The molecule has 1 amide bonds. The third kappa shape index (κ3) is 5.36. The van der Waals surface area contributed by atoms with Crippen molar-refractivity contribution in [2.45, 2.75) is 58.6 Å². The first-order chi connectivity index (χ1) is 8.43. The molecule has 0 aromatic rings. The van der Waals surface area contributed by atoms with Crippen molar-refractivity contribution in [1.82, 2.24) is 10.6 Å². The van der Waals surface area contributed by atoms with Crippen LogP contribution in [0.15, 0.2) is 0 Å². The number of carbonyl (C=O) groups is 1. The van der Waals surface area contributed by atoms with Crippen LogP contribution in [-0.4, -0.2) is 37.2 Å². The SMILES string of the molecule is CC(C)CCNC(=O)C(C)NCC1(C)CCCO1. The summed E-state index contributed by atoms with van der Waals surface area (Å²) < 4.78 is 5.69. The average molecular weight is 256 g/mol. The van der Waals surface area contributed by atoms with Gasteiger partial charge in [0.25, 0.3) is 0 Å². The van der Waals surface area contributed by atoms with Gasteiger partial charge in [0.1, 0.15) is 0 Å². The molecule has 0 radical (unpaired) electrons. The number of rotatable bonds is 7. The topological polar surface area (TPSA) is 50.4 Å².